The van der Waals surface area contributed by atoms with Gasteiger partial charge in [-0.1, -0.05) is 12.1 Å². The molecule has 106 valence electrons. The largest absolute Gasteiger partial charge is 0.393 e. The van der Waals surface area contributed by atoms with E-state index in [1.807, 2.05) is 14.0 Å². The molecule has 1 aromatic rings. The second-order valence-corrected chi connectivity index (χ2v) is 5.79. The maximum absolute atomic E-state index is 13.0. The van der Waals surface area contributed by atoms with Gasteiger partial charge in [-0.3, -0.25) is 4.90 Å². The van der Waals surface area contributed by atoms with Crippen LogP contribution in [-0.2, 0) is 0 Å². The highest BCUT2D eigenvalue weighted by atomic mass is 19.1. The molecule has 1 fully saturated rings. The fraction of sp³-hybridized carbons (Fsp3) is 0.600. The van der Waals surface area contributed by atoms with Crippen LogP contribution in [-0.4, -0.2) is 35.7 Å². The van der Waals surface area contributed by atoms with Crippen LogP contribution in [0.15, 0.2) is 24.3 Å². The summed E-state index contributed by atoms with van der Waals surface area (Å²) >= 11 is 0. The van der Waals surface area contributed by atoms with Gasteiger partial charge in [0.1, 0.15) is 5.82 Å². The molecule has 0 aliphatic heterocycles. The average molecular weight is 266 g/mol. The number of aliphatic hydroxyl groups is 1. The second kappa shape index (κ2) is 5.99. The molecule has 3 nitrogen and oxygen atoms in total. The van der Waals surface area contributed by atoms with Crippen molar-refractivity contribution < 1.29 is 9.50 Å². The monoisotopic (exact) mass is 266 g/mol. The maximum Gasteiger partial charge on any atom is 0.123 e. The molecular formula is C15H23FN2O. The predicted molar refractivity (Wildman–Crippen MR) is 74.2 cm³/mol. The zero-order chi connectivity index (χ0) is 14.0. The number of nitrogens with zero attached hydrogens (tertiary/aromatic N) is 1. The first kappa shape index (κ1) is 14.4. The summed E-state index contributed by atoms with van der Waals surface area (Å²) in [4.78, 5) is 2.22. The Morgan fingerprint density at radius 1 is 1.37 bits per heavy atom. The van der Waals surface area contributed by atoms with E-state index in [4.69, 9.17) is 5.73 Å². The summed E-state index contributed by atoms with van der Waals surface area (Å²) in [5.41, 5.74) is 7.13. The molecule has 0 aromatic heterocycles. The third-order valence-electron chi connectivity index (χ3n) is 3.94. The molecule has 0 spiro atoms. The molecule has 0 heterocycles. The van der Waals surface area contributed by atoms with Crippen LogP contribution >= 0.6 is 0 Å². The summed E-state index contributed by atoms with van der Waals surface area (Å²) < 4.78 is 13.0. The van der Waals surface area contributed by atoms with Crippen LogP contribution in [0, 0.1) is 11.7 Å². The zero-order valence-corrected chi connectivity index (χ0v) is 11.6. The van der Waals surface area contributed by atoms with E-state index in [0.717, 1.165) is 24.9 Å². The van der Waals surface area contributed by atoms with Gasteiger partial charge in [-0.25, -0.2) is 4.39 Å². The van der Waals surface area contributed by atoms with Crippen molar-refractivity contribution in [2.75, 3.05) is 13.6 Å². The van der Waals surface area contributed by atoms with Gasteiger partial charge in [0.05, 0.1) is 6.10 Å². The number of hydrogen-bond donors (Lipinski definition) is 2. The summed E-state index contributed by atoms with van der Waals surface area (Å²) in [7, 11) is 2.04. The van der Waals surface area contributed by atoms with E-state index in [9.17, 15) is 9.50 Å². The van der Waals surface area contributed by atoms with Gasteiger partial charge in [-0.15, -0.1) is 0 Å². The Hall–Kier alpha value is -0.970. The fourth-order valence-electron chi connectivity index (χ4n) is 2.99. The fourth-order valence-corrected chi connectivity index (χ4v) is 2.99. The average Bonchev–Trinajstić information content (AvgIpc) is 2.29. The first-order valence-corrected chi connectivity index (χ1v) is 6.86. The lowest BCUT2D eigenvalue weighted by Gasteiger charge is -2.39. The molecule has 1 aliphatic carbocycles. The Balaban J connectivity index is 2.04. The Labute approximate surface area is 114 Å². The van der Waals surface area contributed by atoms with Crippen LogP contribution in [0.2, 0.25) is 0 Å². The van der Waals surface area contributed by atoms with Crippen LogP contribution in [0.25, 0.3) is 0 Å². The van der Waals surface area contributed by atoms with E-state index in [-0.39, 0.29) is 24.0 Å². The van der Waals surface area contributed by atoms with Crippen LogP contribution < -0.4 is 5.73 Å². The summed E-state index contributed by atoms with van der Waals surface area (Å²) in [6.45, 7) is 2.89. The number of hydrogen-bond acceptors (Lipinski definition) is 3. The molecule has 3 N–H and O–H groups in total. The summed E-state index contributed by atoms with van der Waals surface area (Å²) in [6.07, 6.45) is 1.62. The lowest BCUT2D eigenvalue weighted by Crippen LogP contribution is -2.43. The molecule has 0 saturated heterocycles. The highest BCUT2D eigenvalue weighted by Crippen LogP contribution is 2.31. The highest BCUT2D eigenvalue weighted by Gasteiger charge is 2.31. The molecule has 19 heavy (non-hydrogen) atoms. The van der Waals surface area contributed by atoms with Gasteiger partial charge in [-0.2, -0.15) is 0 Å². The van der Waals surface area contributed by atoms with Crippen molar-refractivity contribution in [1.82, 2.24) is 4.90 Å². The van der Waals surface area contributed by atoms with Crippen molar-refractivity contribution in [3.05, 3.63) is 35.6 Å². The van der Waals surface area contributed by atoms with Crippen LogP contribution in [0.3, 0.4) is 0 Å². The SMILES string of the molecule is CC(N)C(c1ccc(F)cc1)N(C)CC1CC(O)C1. The predicted octanol–water partition coefficient (Wildman–Crippen LogP) is 1.92. The van der Waals surface area contributed by atoms with Crippen molar-refractivity contribution >= 4 is 0 Å². The lowest BCUT2D eigenvalue weighted by atomic mass is 9.81. The maximum atomic E-state index is 13.0. The normalized spacial score (nSPS) is 26.0. The van der Waals surface area contributed by atoms with Crippen molar-refractivity contribution in [3.8, 4) is 0 Å². The van der Waals surface area contributed by atoms with Crippen LogP contribution in [0.4, 0.5) is 4.39 Å². The van der Waals surface area contributed by atoms with Crippen molar-refractivity contribution in [2.24, 2.45) is 11.7 Å². The van der Waals surface area contributed by atoms with Gasteiger partial charge in [0.25, 0.3) is 0 Å². The number of likely N-dealkylation sites (N-methyl/N-ethyl adjacent to an activating group) is 1. The van der Waals surface area contributed by atoms with E-state index in [1.165, 1.54) is 12.1 Å². The molecule has 1 aromatic carbocycles. The first-order valence-electron chi connectivity index (χ1n) is 6.86. The molecule has 0 amide bonds. The van der Waals surface area contributed by atoms with Gasteiger partial charge >= 0.3 is 0 Å². The van der Waals surface area contributed by atoms with Gasteiger partial charge in [-0.05, 0) is 50.4 Å². The van der Waals surface area contributed by atoms with Crippen molar-refractivity contribution in [2.45, 2.75) is 38.0 Å². The number of nitrogens with two attached hydrogens (primary N) is 1. The van der Waals surface area contributed by atoms with E-state index in [0.29, 0.717) is 5.92 Å². The minimum absolute atomic E-state index is 0.0274. The summed E-state index contributed by atoms with van der Waals surface area (Å²) in [6, 6.07) is 6.61. The summed E-state index contributed by atoms with van der Waals surface area (Å²) in [5.74, 6) is 0.318. The van der Waals surface area contributed by atoms with Crippen LogP contribution in [0.1, 0.15) is 31.4 Å². The van der Waals surface area contributed by atoms with Gasteiger partial charge in [0.2, 0.25) is 0 Å². The van der Waals surface area contributed by atoms with Crippen LogP contribution in [0.5, 0.6) is 0 Å². The van der Waals surface area contributed by atoms with E-state index < -0.39 is 0 Å². The topological polar surface area (TPSA) is 49.5 Å². The molecule has 1 saturated carbocycles. The Kier molecular flexibility index (Phi) is 4.55. The smallest absolute Gasteiger partial charge is 0.123 e. The minimum Gasteiger partial charge on any atom is -0.393 e. The second-order valence-electron chi connectivity index (χ2n) is 5.79. The van der Waals surface area contributed by atoms with Gasteiger partial charge in [0, 0.05) is 18.6 Å². The van der Waals surface area contributed by atoms with E-state index >= 15 is 0 Å². The molecule has 2 atom stereocenters. The van der Waals surface area contributed by atoms with Crippen molar-refractivity contribution in [3.63, 3.8) is 0 Å². The Bertz CT molecular complexity index is 401. The third-order valence-corrected chi connectivity index (χ3v) is 3.94. The van der Waals surface area contributed by atoms with E-state index in [2.05, 4.69) is 4.90 Å². The van der Waals surface area contributed by atoms with Gasteiger partial charge in [0.15, 0.2) is 0 Å². The lowest BCUT2D eigenvalue weighted by molar-refractivity contribution is 0.0203. The number of aliphatic hydroxyl groups excluding tert-OH is 1. The summed E-state index contributed by atoms with van der Waals surface area (Å²) in [5, 5.41) is 9.34. The highest BCUT2D eigenvalue weighted by molar-refractivity contribution is 5.21. The molecule has 0 radical (unpaired) electrons. The number of rotatable bonds is 5. The molecule has 4 heteroatoms. The first-order chi connectivity index (χ1) is 8.97. The Morgan fingerprint density at radius 3 is 2.42 bits per heavy atom. The molecule has 1 aliphatic rings. The minimum atomic E-state index is -0.225. The number of benzene rings is 1. The molecular weight excluding hydrogens is 243 g/mol. The third kappa shape index (κ3) is 3.53. The van der Waals surface area contributed by atoms with Crippen molar-refractivity contribution in [1.29, 1.82) is 0 Å². The van der Waals surface area contributed by atoms with Gasteiger partial charge < -0.3 is 10.8 Å². The van der Waals surface area contributed by atoms with E-state index in [1.54, 1.807) is 12.1 Å². The molecule has 0 bridgehead atoms. The molecule has 2 rings (SSSR count). The number of halogens is 1. The molecule has 2 unspecified atom stereocenters. The quantitative estimate of drug-likeness (QED) is 0.856. The standard InChI is InChI=1S/C15H23FN2O/c1-10(17)15(12-3-5-13(16)6-4-12)18(2)9-11-7-14(19)8-11/h3-6,10-11,14-15,19H,7-9,17H2,1-2H3. The zero-order valence-electron chi connectivity index (χ0n) is 11.6. The Morgan fingerprint density at radius 2 is 1.95 bits per heavy atom.